The summed E-state index contributed by atoms with van der Waals surface area (Å²) in [6, 6.07) is 9.14. The number of hydrogen-bond donors (Lipinski definition) is 0. The quantitative estimate of drug-likeness (QED) is 0.770. The van der Waals surface area contributed by atoms with Crippen LogP contribution < -0.4 is 0 Å². The van der Waals surface area contributed by atoms with Crippen molar-refractivity contribution < 1.29 is 19.1 Å². The molecule has 1 aromatic rings. The molecule has 1 saturated heterocycles. The summed E-state index contributed by atoms with van der Waals surface area (Å²) in [5, 5.41) is 1.90. The van der Waals surface area contributed by atoms with Crippen molar-refractivity contribution >= 4 is 17.9 Å². The molecule has 1 fully saturated rings. The number of benzene rings is 1. The molecule has 0 atom stereocenters. The van der Waals surface area contributed by atoms with Crippen molar-refractivity contribution in [2.75, 3.05) is 6.61 Å². The number of ether oxygens (including phenoxy) is 1. The highest BCUT2D eigenvalue weighted by Gasteiger charge is 2.40. The summed E-state index contributed by atoms with van der Waals surface area (Å²) < 4.78 is 4.78. The minimum atomic E-state index is -0.811. The second-order valence-corrected chi connectivity index (χ2v) is 4.02. The van der Waals surface area contributed by atoms with Crippen molar-refractivity contribution in [1.82, 2.24) is 10.0 Å². The van der Waals surface area contributed by atoms with E-state index in [1.165, 1.54) is 0 Å². The first-order chi connectivity index (χ1) is 9.13. The van der Waals surface area contributed by atoms with Crippen LogP contribution in [0.4, 0.5) is 4.79 Å². The first-order valence-electron chi connectivity index (χ1n) is 5.97. The molecule has 2 rings (SSSR count). The van der Waals surface area contributed by atoms with Gasteiger partial charge in [0, 0.05) is 0 Å². The van der Waals surface area contributed by atoms with Crippen LogP contribution in [0.25, 0.3) is 0 Å². The lowest BCUT2D eigenvalue weighted by Crippen LogP contribution is -2.44. The van der Waals surface area contributed by atoms with E-state index in [2.05, 4.69) is 0 Å². The van der Waals surface area contributed by atoms with Gasteiger partial charge < -0.3 is 4.74 Å². The minimum absolute atomic E-state index is 0.149. The van der Waals surface area contributed by atoms with E-state index in [-0.39, 0.29) is 19.6 Å². The average molecular weight is 262 g/mol. The number of amides is 3. The summed E-state index contributed by atoms with van der Waals surface area (Å²) in [5.74, 6) is -0.957. The molecule has 1 aliphatic rings. The maximum absolute atomic E-state index is 11.8. The zero-order valence-electron chi connectivity index (χ0n) is 10.5. The molecule has 100 valence electrons. The smallest absolute Gasteiger partial charge is 0.436 e. The zero-order chi connectivity index (χ0) is 13.8. The number of hydrazine groups is 1. The normalized spacial score (nSPS) is 15.0. The summed E-state index contributed by atoms with van der Waals surface area (Å²) in [4.78, 5) is 35.1. The van der Waals surface area contributed by atoms with Crippen molar-refractivity contribution in [3.63, 3.8) is 0 Å². The standard InChI is InChI=1S/C13H14N2O4/c1-2-19-13(18)15-12(17)8-11(16)14(15)9-10-6-4-3-5-7-10/h3-7H,2,8-9H2,1H3. The molecule has 1 heterocycles. The minimum Gasteiger partial charge on any atom is -0.448 e. The third kappa shape index (κ3) is 2.73. The summed E-state index contributed by atoms with van der Waals surface area (Å²) in [6.07, 6.45) is -1.11. The van der Waals surface area contributed by atoms with Crippen molar-refractivity contribution in [3.05, 3.63) is 35.9 Å². The van der Waals surface area contributed by atoms with Crippen molar-refractivity contribution in [2.45, 2.75) is 19.9 Å². The lowest BCUT2D eigenvalue weighted by molar-refractivity contribution is -0.144. The van der Waals surface area contributed by atoms with Crippen LogP contribution in [-0.2, 0) is 20.9 Å². The SMILES string of the molecule is CCOC(=O)N1C(=O)CC(=O)N1Cc1ccccc1. The molecule has 1 aliphatic heterocycles. The molecule has 0 bridgehead atoms. The molecule has 0 unspecified atom stereocenters. The number of nitrogens with zero attached hydrogens (tertiary/aromatic N) is 2. The van der Waals surface area contributed by atoms with Gasteiger partial charge in [0.1, 0.15) is 6.42 Å². The van der Waals surface area contributed by atoms with Crippen LogP contribution in [-0.4, -0.2) is 34.5 Å². The maximum Gasteiger partial charge on any atom is 0.436 e. The van der Waals surface area contributed by atoms with Gasteiger partial charge in [0.05, 0.1) is 13.2 Å². The topological polar surface area (TPSA) is 66.9 Å². The molecule has 1 aromatic carbocycles. The predicted molar refractivity (Wildman–Crippen MR) is 65.5 cm³/mol. The van der Waals surface area contributed by atoms with Gasteiger partial charge in [0.25, 0.3) is 11.8 Å². The molecule has 0 radical (unpaired) electrons. The molecule has 0 aliphatic carbocycles. The molecule has 6 nitrogen and oxygen atoms in total. The number of hydrogen-bond acceptors (Lipinski definition) is 4. The molecule has 19 heavy (non-hydrogen) atoms. The Hall–Kier alpha value is -2.37. The fraction of sp³-hybridized carbons (Fsp3) is 0.308. The molecule has 6 heteroatoms. The average Bonchev–Trinajstić information content (AvgIpc) is 2.66. The Morgan fingerprint density at radius 1 is 1.21 bits per heavy atom. The van der Waals surface area contributed by atoms with Crippen LogP contribution >= 0.6 is 0 Å². The van der Waals surface area contributed by atoms with Crippen LogP contribution in [0.5, 0.6) is 0 Å². The van der Waals surface area contributed by atoms with Crippen LogP contribution in [0.2, 0.25) is 0 Å². The van der Waals surface area contributed by atoms with Crippen LogP contribution in [0, 0.1) is 0 Å². The maximum atomic E-state index is 11.8. The molecule has 0 N–H and O–H groups in total. The van der Waals surface area contributed by atoms with Gasteiger partial charge >= 0.3 is 6.09 Å². The number of carbonyl (C=O) groups is 3. The van der Waals surface area contributed by atoms with E-state index in [0.717, 1.165) is 15.6 Å². The molecule has 3 amide bonds. The lowest BCUT2D eigenvalue weighted by atomic mass is 10.2. The van der Waals surface area contributed by atoms with Crippen molar-refractivity contribution in [2.24, 2.45) is 0 Å². The lowest BCUT2D eigenvalue weighted by Gasteiger charge is -2.25. The summed E-state index contributed by atoms with van der Waals surface area (Å²) in [5.41, 5.74) is 0.833. The number of imide groups is 1. The molecule has 0 saturated carbocycles. The first kappa shape index (κ1) is 13.1. The largest absolute Gasteiger partial charge is 0.448 e. The second kappa shape index (κ2) is 5.51. The monoisotopic (exact) mass is 262 g/mol. The Morgan fingerprint density at radius 3 is 2.53 bits per heavy atom. The zero-order valence-corrected chi connectivity index (χ0v) is 10.5. The third-order valence-corrected chi connectivity index (χ3v) is 2.68. The Morgan fingerprint density at radius 2 is 1.89 bits per heavy atom. The number of carbonyl (C=O) groups excluding carboxylic acids is 3. The van der Waals surface area contributed by atoms with Crippen LogP contribution in [0.3, 0.4) is 0 Å². The highest BCUT2D eigenvalue weighted by atomic mass is 16.6. The van der Waals surface area contributed by atoms with Gasteiger partial charge in [0.15, 0.2) is 0 Å². The van der Waals surface area contributed by atoms with E-state index in [4.69, 9.17) is 4.74 Å². The van der Waals surface area contributed by atoms with Gasteiger partial charge in [-0.15, -0.1) is 5.01 Å². The van der Waals surface area contributed by atoms with Gasteiger partial charge in [-0.25, -0.2) is 9.80 Å². The van der Waals surface area contributed by atoms with E-state index >= 15 is 0 Å². The summed E-state index contributed by atoms with van der Waals surface area (Å²) >= 11 is 0. The van der Waals surface area contributed by atoms with Gasteiger partial charge in [-0.3, -0.25) is 9.59 Å². The Labute approximate surface area is 110 Å². The number of rotatable bonds is 3. The molecule has 0 spiro atoms. The Balaban J connectivity index is 2.18. The van der Waals surface area contributed by atoms with E-state index < -0.39 is 17.9 Å². The van der Waals surface area contributed by atoms with Gasteiger partial charge in [-0.05, 0) is 12.5 Å². The second-order valence-electron chi connectivity index (χ2n) is 4.02. The van der Waals surface area contributed by atoms with Gasteiger partial charge in [0.2, 0.25) is 0 Å². The van der Waals surface area contributed by atoms with E-state index in [9.17, 15) is 14.4 Å². The Bertz CT molecular complexity index is 501. The fourth-order valence-electron chi connectivity index (χ4n) is 1.84. The van der Waals surface area contributed by atoms with Crippen molar-refractivity contribution in [1.29, 1.82) is 0 Å². The van der Waals surface area contributed by atoms with Gasteiger partial charge in [-0.1, -0.05) is 30.3 Å². The fourth-order valence-corrected chi connectivity index (χ4v) is 1.84. The predicted octanol–water partition coefficient (Wildman–Crippen LogP) is 1.32. The van der Waals surface area contributed by atoms with E-state index in [0.29, 0.717) is 0 Å². The summed E-state index contributed by atoms with van der Waals surface area (Å²) in [6.45, 7) is 1.96. The van der Waals surface area contributed by atoms with E-state index in [1.54, 1.807) is 6.92 Å². The highest BCUT2D eigenvalue weighted by molar-refractivity contribution is 6.08. The summed E-state index contributed by atoms with van der Waals surface area (Å²) in [7, 11) is 0. The van der Waals surface area contributed by atoms with Crippen LogP contribution in [0.15, 0.2) is 30.3 Å². The molecule has 0 aromatic heterocycles. The third-order valence-electron chi connectivity index (χ3n) is 2.68. The van der Waals surface area contributed by atoms with Crippen molar-refractivity contribution in [3.8, 4) is 0 Å². The van der Waals surface area contributed by atoms with Gasteiger partial charge in [-0.2, -0.15) is 0 Å². The Kier molecular flexibility index (Phi) is 3.79. The van der Waals surface area contributed by atoms with E-state index in [1.807, 2.05) is 30.3 Å². The van der Waals surface area contributed by atoms with Crippen LogP contribution in [0.1, 0.15) is 18.9 Å². The highest BCUT2D eigenvalue weighted by Crippen LogP contribution is 2.18. The molecular formula is C13H14N2O4. The first-order valence-corrected chi connectivity index (χ1v) is 5.97. The molecular weight excluding hydrogens is 248 g/mol.